The van der Waals surface area contributed by atoms with Gasteiger partial charge in [0.1, 0.15) is 0 Å². The molecular weight excluding hydrogens is 396 g/mol. The van der Waals surface area contributed by atoms with Gasteiger partial charge in [-0.3, -0.25) is 4.79 Å². The van der Waals surface area contributed by atoms with Crippen molar-refractivity contribution in [2.24, 2.45) is 0 Å². The Hall–Kier alpha value is -3.16. The molecule has 7 heteroatoms. The summed E-state index contributed by atoms with van der Waals surface area (Å²) in [6.45, 7) is 5.80. The average molecular weight is 424 g/mol. The van der Waals surface area contributed by atoms with Crippen molar-refractivity contribution in [1.29, 1.82) is 0 Å². The Morgan fingerprint density at radius 2 is 1.55 bits per heavy atom. The molecule has 164 valence electrons. The molecule has 0 aliphatic heterocycles. The molecular formula is C24H28N2O5. The van der Waals surface area contributed by atoms with Crippen molar-refractivity contribution in [3.63, 3.8) is 0 Å². The van der Waals surface area contributed by atoms with Gasteiger partial charge in [-0.2, -0.15) is 0 Å². The van der Waals surface area contributed by atoms with Gasteiger partial charge in [-0.05, 0) is 17.2 Å². The normalized spacial score (nSPS) is 12.0. The number of benzene rings is 2. The summed E-state index contributed by atoms with van der Waals surface area (Å²) in [6, 6.07) is 16.0. The Labute approximate surface area is 182 Å². The highest BCUT2D eigenvalue weighted by molar-refractivity contribution is 5.86. The van der Waals surface area contributed by atoms with Crippen LogP contribution in [0.25, 0.3) is 11.1 Å². The van der Waals surface area contributed by atoms with Crippen molar-refractivity contribution in [2.75, 3.05) is 46.6 Å². The van der Waals surface area contributed by atoms with E-state index < -0.39 is 12.2 Å². The zero-order chi connectivity index (χ0) is 22.1. The molecule has 1 aliphatic rings. The van der Waals surface area contributed by atoms with Crippen molar-refractivity contribution in [3.05, 3.63) is 72.3 Å². The monoisotopic (exact) mass is 424 g/mol. The molecule has 2 amide bonds. The van der Waals surface area contributed by atoms with Crippen molar-refractivity contribution >= 4 is 12.0 Å². The SMILES string of the molecule is C=CC(=O)NCCOCCOCCN(C)C(=O)OC1c2ccccc2-c2ccccc21. The molecule has 0 unspecified atom stereocenters. The van der Waals surface area contributed by atoms with Gasteiger partial charge in [-0.25, -0.2) is 4.79 Å². The molecule has 0 spiro atoms. The molecule has 0 saturated carbocycles. The molecule has 1 N–H and O–H groups in total. The van der Waals surface area contributed by atoms with Gasteiger partial charge < -0.3 is 24.4 Å². The van der Waals surface area contributed by atoms with Gasteiger partial charge in [0.05, 0.1) is 26.4 Å². The van der Waals surface area contributed by atoms with E-state index in [1.54, 1.807) is 7.05 Å². The number of rotatable bonds is 11. The lowest BCUT2D eigenvalue weighted by Crippen LogP contribution is -2.32. The van der Waals surface area contributed by atoms with Gasteiger partial charge in [-0.15, -0.1) is 0 Å². The number of carbonyl (C=O) groups is 2. The predicted molar refractivity (Wildman–Crippen MR) is 118 cm³/mol. The molecule has 2 aromatic carbocycles. The van der Waals surface area contributed by atoms with E-state index in [-0.39, 0.29) is 5.91 Å². The van der Waals surface area contributed by atoms with E-state index in [2.05, 4.69) is 24.0 Å². The van der Waals surface area contributed by atoms with Crippen LogP contribution in [-0.2, 0) is 19.0 Å². The van der Waals surface area contributed by atoms with Crippen LogP contribution < -0.4 is 5.32 Å². The molecule has 31 heavy (non-hydrogen) atoms. The lowest BCUT2D eigenvalue weighted by atomic mass is 10.1. The summed E-state index contributed by atoms with van der Waals surface area (Å²) < 4.78 is 16.7. The molecule has 0 radical (unpaired) electrons. The number of hydrogen-bond acceptors (Lipinski definition) is 5. The number of likely N-dealkylation sites (N-methyl/N-ethyl adjacent to an activating group) is 1. The van der Waals surface area contributed by atoms with E-state index in [0.717, 1.165) is 22.3 Å². The Bertz CT molecular complexity index is 869. The van der Waals surface area contributed by atoms with Gasteiger partial charge in [0, 0.05) is 31.3 Å². The fourth-order valence-electron chi connectivity index (χ4n) is 3.36. The smallest absolute Gasteiger partial charge is 0.410 e. The first-order valence-electron chi connectivity index (χ1n) is 10.3. The van der Waals surface area contributed by atoms with E-state index in [1.165, 1.54) is 11.0 Å². The third-order valence-corrected chi connectivity index (χ3v) is 4.98. The number of nitrogens with one attached hydrogen (secondary N) is 1. The Morgan fingerprint density at radius 3 is 2.16 bits per heavy atom. The van der Waals surface area contributed by atoms with E-state index in [0.29, 0.717) is 39.5 Å². The fraction of sp³-hybridized carbons (Fsp3) is 0.333. The zero-order valence-corrected chi connectivity index (χ0v) is 17.7. The molecule has 0 bridgehead atoms. The van der Waals surface area contributed by atoms with Gasteiger partial charge >= 0.3 is 6.09 Å². The number of nitrogens with zero attached hydrogens (tertiary/aromatic N) is 1. The first-order chi connectivity index (χ1) is 15.1. The summed E-state index contributed by atoms with van der Waals surface area (Å²) in [7, 11) is 1.69. The summed E-state index contributed by atoms with van der Waals surface area (Å²) in [4.78, 5) is 25.1. The summed E-state index contributed by atoms with van der Waals surface area (Å²) in [5.74, 6) is -0.223. The number of carbonyl (C=O) groups excluding carboxylic acids is 2. The molecule has 3 rings (SSSR count). The summed E-state index contributed by atoms with van der Waals surface area (Å²) in [5, 5.41) is 2.62. The second-order valence-corrected chi connectivity index (χ2v) is 7.08. The van der Waals surface area contributed by atoms with Crippen LogP contribution in [0.2, 0.25) is 0 Å². The number of fused-ring (bicyclic) bond motifs is 3. The van der Waals surface area contributed by atoms with Crippen LogP contribution >= 0.6 is 0 Å². The highest BCUT2D eigenvalue weighted by Gasteiger charge is 2.31. The van der Waals surface area contributed by atoms with Crippen LogP contribution in [0.5, 0.6) is 0 Å². The van der Waals surface area contributed by atoms with Crippen LogP contribution in [0.3, 0.4) is 0 Å². The summed E-state index contributed by atoms with van der Waals surface area (Å²) in [5.41, 5.74) is 4.21. The average Bonchev–Trinajstić information content (AvgIpc) is 3.11. The second-order valence-electron chi connectivity index (χ2n) is 7.08. The Kier molecular flexibility index (Phi) is 8.20. The van der Waals surface area contributed by atoms with E-state index in [4.69, 9.17) is 14.2 Å². The second kappa shape index (κ2) is 11.3. The molecule has 0 heterocycles. The van der Waals surface area contributed by atoms with Crippen LogP contribution in [0.4, 0.5) is 4.79 Å². The lowest BCUT2D eigenvalue weighted by Gasteiger charge is -2.21. The molecule has 0 aromatic heterocycles. The minimum absolute atomic E-state index is 0.223. The molecule has 0 saturated heterocycles. The molecule has 0 atom stereocenters. The van der Waals surface area contributed by atoms with Crippen LogP contribution in [0.15, 0.2) is 61.2 Å². The zero-order valence-electron chi connectivity index (χ0n) is 17.7. The number of ether oxygens (including phenoxy) is 3. The topological polar surface area (TPSA) is 77.1 Å². The molecule has 7 nitrogen and oxygen atoms in total. The highest BCUT2D eigenvalue weighted by atomic mass is 16.6. The standard InChI is InChI=1S/C24H28N2O5/c1-3-22(27)25-12-14-29-16-17-30-15-13-26(2)24(28)31-23-20-10-6-4-8-18(20)19-9-5-7-11-21(19)23/h3-11,23H,1,12-17H2,2H3,(H,25,27). The summed E-state index contributed by atoms with van der Waals surface area (Å²) >= 11 is 0. The Balaban J connectivity index is 1.38. The first kappa shape index (κ1) is 22.5. The number of hydrogen-bond donors (Lipinski definition) is 1. The van der Waals surface area contributed by atoms with Crippen molar-refractivity contribution in [2.45, 2.75) is 6.10 Å². The van der Waals surface area contributed by atoms with Crippen LogP contribution in [-0.4, -0.2) is 63.5 Å². The van der Waals surface area contributed by atoms with E-state index in [1.807, 2.05) is 36.4 Å². The maximum absolute atomic E-state index is 12.6. The van der Waals surface area contributed by atoms with Crippen molar-refractivity contribution < 1.29 is 23.8 Å². The third kappa shape index (κ3) is 5.93. The minimum atomic E-state index is -0.404. The van der Waals surface area contributed by atoms with E-state index in [9.17, 15) is 9.59 Å². The van der Waals surface area contributed by atoms with E-state index >= 15 is 0 Å². The summed E-state index contributed by atoms with van der Waals surface area (Å²) in [6.07, 6.45) is 0.419. The Morgan fingerprint density at radius 1 is 0.968 bits per heavy atom. The minimum Gasteiger partial charge on any atom is -0.436 e. The lowest BCUT2D eigenvalue weighted by molar-refractivity contribution is -0.116. The maximum Gasteiger partial charge on any atom is 0.410 e. The van der Waals surface area contributed by atoms with Gasteiger partial charge in [0.25, 0.3) is 0 Å². The van der Waals surface area contributed by atoms with Gasteiger partial charge in [0.2, 0.25) is 5.91 Å². The quantitative estimate of drug-likeness (QED) is 0.443. The highest BCUT2D eigenvalue weighted by Crippen LogP contribution is 2.45. The number of amides is 2. The van der Waals surface area contributed by atoms with Crippen LogP contribution in [0, 0.1) is 0 Å². The largest absolute Gasteiger partial charge is 0.436 e. The molecule has 2 aromatic rings. The van der Waals surface area contributed by atoms with Crippen molar-refractivity contribution in [3.8, 4) is 11.1 Å². The molecule has 0 fully saturated rings. The first-order valence-corrected chi connectivity index (χ1v) is 10.3. The third-order valence-electron chi connectivity index (χ3n) is 4.98. The predicted octanol–water partition coefficient (Wildman–Crippen LogP) is 3.16. The fourth-order valence-corrected chi connectivity index (χ4v) is 3.36. The van der Waals surface area contributed by atoms with Crippen LogP contribution in [0.1, 0.15) is 17.2 Å². The van der Waals surface area contributed by atoms with Gasteiger partial charge in [-0.1, -0.05) is 55.1 Å². The van der Waals surface area contributed by atoms with Crippen molar-refractivity contribution in [1.82, 2.24) is 10.2 Å². The maximum atomic E-state index is 12.6. The molecule has 1 aliphatic carbocycles. The van der Waals surface area contributed by atoms with Gasteiger partial charge in [0.15, 0.2) is 6.10 Å².